The zero-order chi connectivity index (χ0) is 17.7. The van der Waals surface area contributed by atoms with Gasteiger partial charge < -0.3 is 9.47 Å². The molecule has 0 N–H and O–H groups in total. The molecule has 0 aliphatic heterocycles. The van der Waals surface area contributed by atoms with Crippen LogP contribution in [0.15, 0.2) is 66.8 Å². The van der Waals surface area contributed by atoms with Crippen LogP contribution in [0, 0.1) is 5.82 Å². The van der Waals surface area contributed by atoms with Crippen LogP contribution in [0.1, 0.15) is 13.8 Å². The Kier molecular flexibility index (Phi) is 5.53. The van der Waals surface area contributed by atoms with Gasteiger partial charge in [-0.3, -0.25) is 0 Å². The molecule has 4 heteroatoms. The summed E-state index contributed by atoms with van der Waals surface area (Å²) in [5.74, 6) is -0.0475. The first-order chi connectivity index (χ1) is 11.4. The zero-order valence-corrected chi connectivity index (χ0v) is 13.8. The van der Waals surface area contributed by atoms with E-state index in [1.807, 2.05) is 6.92 Å². The van der Waals surface area contributed by atoms with Gasteiger partial charge in [-0.05, 0) is 49.2 Å². The predicted octanol–water partition coefficient (Wildman–Crippen LogP) is 4.93. The molecule has 0 atom stereocenters. The van der Waals surface area contributed by atoms with E-state index in [0.29, 0.717) is 34.8 Å². The smallest absolute Gasteiger partial charge is 0.338 e. The summed E-state index contributed by atoms with van der Waals surface area (Å²) in [7, 11) is 0. The van der Waals surface area contributed by atoms with Gasteiger partial charge >= 0.3 is 5.97 Å². The van der Waals surface area contributed by atoms with E-state index >= 15 is 0 Å². The van der Waals surface area contributed by atoms with Crippen molar-refractivity contribution in [2.24, 2.45) is 0 Å². The fourth-order valence-corrected chi connectivity index (χ4v) is 1.92. The van der Waals surface area contributed by atoms with E-state index in [1.54, 1.807) is 43.3 Å². The Morgan fingerprint density at radius 1 is 1.04 bits per heavy atom. The van der Waals surface area contributed by atoms with Gasteiger partial charge in [-0.2, -0.15) is 0 Å². The summed E-state index contributed by atoms with van der Waals surface area (Å²) in [5.41, 5.74) is 2.29. The normalized spacial score (nSPS) is 10.1. The van der Waals surface area contributed by atoms with E-state index < -0.39 is 5.97 Å². The minimum atomic E-state index is -0.493. The van der Waals surface area contributed by atoms with E-state index in [2.05, 4.69) is 13.2 Å². The third-order valence-electron chi connectivity index (χ3n) is 3.15. The minimum absolute atomic E-state index is 0.315. The Balaban J connectivity index is 2.15. The van der Waals surface area contributed by atoms with Crippen LogP contribution in [0.2, 0.25) is 0 Å². The molecule has 0 aliphatic carbocycles. The first-order valence-corrected chi connectivity index (χ1v) is 7.41. The molecule has 3 nitrogen and oxygen atoms in total. The minimum Gasteiger partial charge on any atom is -0.489 e. The van der Waals surface area contributed by atoms with Gasteiger partial charge in [-0.15, -0.1) is 0 Å². The maximum Gasteiger partial charge on any atom is 0.338 e. The average Bonchev–Trinajstić information content (AvgIpc) is 2.54. The van der Waals surface area contributed by atoms with Gasteiger partial charge in [-0.25, -0.2) is 9.18 Å². The van der Waals surface area contributed by atoms with Gasteiger partial charge in [0.15, 0.2) is 0 Å². The van der Waals surface area contributed by atoms with Crippen molar-refractivity contribution < 1.29 is 18.7 Å². The van der Waals surface area contributed by atoms with E-state index in [9.17, 15) is 9.18 Å². The van der Waals surface area contributed by atoms with Crippen molar-refractivity contribution in [1.29, 1.82) is 0 Å². The second-order valence-corrected chi connectivity index (χ2v) is 5.58. The number of ether oxygens (including phenoxy) is 2. The van der Waals surface area contributed by atoms with Gasteiger partial charge in [-0.1, -0.05) is 25.3 Å². The second kappa shape index (κ2) is 7.59. The number of esters is 1. The molecule has 124 valence electrons. The molecule has 0 saturated carbocycles. The molecule has 0 bridgehead atoms. The van der Waals surface area contributed by atoms with E-state index in [0.717, 1.165) is 5.57 Å². The van der Waals surface area contributed by atoms with Crippen LogP contribution in [0.4, 0.5) is 4.39 Å². The van der Waals surface area contributed by atoms with Gasteiger partial charge in [0.2, 0.25) is 0 Å². The summed E-state index contributed by atoms with van der Waals surface area (Å²) < 4.78 is 24.8. The number of rotatable bonds is 6. The maximum atomic E-state index is 14.3. The van der Waals surface area contributed by atoms with E-state index in [4.69, 9.17) is 9.47 Å². The van der Waals surface area contributed by atoms with Gasteiger partial charge in [0, 0.05) is 17.2 Å². The topological polar surface area (TPSA) is 35.5 Å². The first kappa shape index (κ1) is 17.5. The average molecular weight is 326 g/mol. The quantitative estimate of drug-likeness (QED) is 0.327. The highest BCUT2D eigenvalue weighted by molar-refractivity contribution is 5.88. The molecule has 24 heavy (non-hydrogen) atoms. The summed E-state index contributed by atoms with van der Waals surface area (Å²) >= 11 is 0. The van der Waals surface area contributed by atoms with Gasteiger partial charge in [0.25, 0.3) is 0 Å². The van der Waals surface area contributed by atoms with Crippen LogP contribution in [-0.2, 0) is 4.79 Å². The molecule has 2 rings (SSSR count). The van der Waals surface area contributed by atoms with E-state index in [1.165, 1.54) is 6.07 Å². The highest BCUT2D eigenvalue weighted by Gasteiger charge is 2.09. The first-order valence-electron chi connectivity index (χ1n) is 7.41. The van der Waals surface area contributed by atoms with Crippen molar-refractivity contribution in [1.82, 2.24) is 0 Å². The number of hydrogen-bond donors (Lipinski definition) is 0. The van der Waals surface area contributed by atoms with Crippen molar-refractivity contribution in [3.8, 4) is 22.6 Å². The summed E-state index contributed by atoms with van der Waals surface area (Å²) in [6, 6.07) is 11.3. The molecule has 0 unspecified atom stereocenters. The molecular weight excluding hydrogens is 307 g/mol. The molecule has 0 aromatic heterocycles. The van der Waals surface area contributed by atoms with Gasteiger partial charge in [0.05, 0.1) is 0 Å². The molecule has 0 saturated heterocycles. The summed E-state index contributed by atoms with van der Waals surface area (Å²) in [5, 5.41) is 0. The lowest BCUT2D eigenvalue weighted by Gasteiger charge is -2.09. The van der Waals surface area contributed by atoms with Crippen LogP contribution < -0.4 is 9.47 Å². The monoisotopic (exact) mass is 326 g/mol. The van der Waals surface area contributed by atoms with Crippen molar-refractivity contribution in [3.63, 3.8) is 0 Å². The lowest BCUT2D eigenvalue weighted by atomic mass is 10.0. The molecule has 0 aliphatic rings. The van der Waals surface area contributed by atoms with Crippen LogP contribution in [-0.4, -0.2) is 12.6 Å². The number of carbonyl (C=O) groups is 1. The lowest BCUT2D eigenvalue weighted by molar-refractivity contribution is -0.130. The maximum absolute atomic E-state index is 14.3. The molecule has 2 aromatic rings. The van der Waals surface area contributed by atoms with Crippen LogP contribution in [0.5, 0.6) is 11.5 Å². The second-order valence-electron chi connectivity index (χ2n) is 5.58. The fraction of sp³-hybridized carbons (Fsp3) is 0.150. The van der Waals surface area contributed by atoms with Gasteiger partial charge in [0.1, 0.15) is 23.9 Å². The molecule has 0 heterocycles. The summed E-state index contributed by atoms with van der Waals surface area (Å²) in [6.07, 6.45) is 0. The summed E-state index contributed by atoms with van der Waals surface area (Å²) in [6.45, 7) is 11.0. The van der Waals surface area contributed by atoms with Crippen molar-refractivity contribution in [2.45, 2.75) is 13.8 Å². The van der Waals surface area contributed by atoms with Crippen molar-refractivity contribution in [3.05, 3.63) is 72.6 Å². The Morgan fingerprint density at radius 2 is 1.67 bits per heavy atom. The van der Waals surface area contributed by atoms with Crippen LogP contribution >= 0.6 is 0 Å². The van der Waals surface area contributed by atoms with Crippen LogP contribution in [0.3, 0.4) is 0 Å². The molecule has 2 aromatic carbocycles. The number of hydrogen-bond acceptors (Lipinski definition) is 3. The largest absolute Gasteiger partial charge is 0.489 e. The third-order valence-corrected chi connectivity index (χ3v) is 3.15. The summed E-state index contributed by atoms with van der Waals surface area (Å²) in [4.78, 5) is 11.5. The standard InChI is InChI=1S/C20H19FO3/c1-13(2)12-23-17-9-10-18(19(21)11-17)15-5-7-16(8-6-15)24-20(22)14(3)4/h5-11H,1,3,12H2,2,4H3. The molecular formula is C20H19FO3. The van der Waals surface area contributed by atoms with Crippen LogP contribution in [0.25, 0.3) is 11.1 Å². The Bertz CT molecular complexity index is 776. The number of benzene rings is 2. The molecule has 0 radical (unpaired) electrons. The zero-order valence-electron chi connectivity index (χ0n) is 13.8. The van der Waals surface area contributed by atoms with Crippen molar-refractivity contribution >= 4 is 5.97 Å². The lowest BCUT2D eigenvalue weighted by Crippen LogP contribution is -2.07. The number of carbonyl (C=O) groups excluding carboxylic acids is 1. The Morgan fingerprint density at radius 3 is 2.21 bits per heavy atom. The fourth-order valence-electron chi connectivity index (χ4n) is 1.92. The van der Waals surface area contributed by atoms with E-state index in [-0.39, 0.29) is 5.82 Å². The SMILES string of the molecule is C=C(C)COc1ccc(-c2ccc(OC(=O)C(=C)C)cc2)c(F)c1. The highest BCUT2D eigenvalue weighted by Crippen LogP contribution is 2.28. The Labute approximate surface area is 141 Å². The predicted molar refractivity (Wildman–Crippen MR) is 92.6 cm³/mol. The molecule has 0 spiro atoms. The molecule has 0 amide bonds. The highest BCUT2D eigenvalue weighted by atomic mass is 19.1. The Hall–Kier alpha value is -2.88. The molecule has 0 fully saturated rings. The number of halogens is 1. The third kappa shape index (κ3) is 4.56. The van der Waals surface area contributed by atoms with Crippen molar-refractivity contribution in [2.75, 3.05) is 6.61 Å².